The molecule has 0 N–H and O–H groups in total. The first kappa shape index (κ1) is 7.13. The molecule has 2 aliphatic rings. The Morgan fingerprint density at radius 2 is 2.17 bits per heavy atom. The van der Waals surface area contributed by atoms with E-state index in [4.69, 9.17) is 9.47 Å². The molecule has 0 saturated carbocycles. The molecule has 0 aromatic heterocycles. The van der Waals surface area contributed by atoms with Gasteiger partial charge in [0.1, 0.15) is 0 Å². The third-order valence-corrected chi connectivity index (χ3v) is 6.52. The second kappa shape index (κ2) is 2.59. The van der Waals surface area contributed by atoms with Crippen LogP contribution in [0.25, 0.3) is 0 Å². The molecular formula is C9H8InO2. The van der Waals surface area contributed by atoms with Gasteiger partial charge in [-0.3, -0.25) is 0 Å². The predicted octanol–water partition coefficient (Wildman–Crippen LogP) is 1.13. The Hall–Kier alpha value is -0.310. The minimum atomic E-state index is -0.278. The van der Waals surface area contributed by atoms with Crippen LogP contribution < -0.4 is 9.47 Å². The van der Waals surface area contributed by atoms with Crippen molar-refractivity contribution in [3.63, 3.8) is 0 Å². The average molecular weight is 263 g/mol. The van der Waals surface area contributed by atoms with Crippen LogP contribution in [0.3, 0.4) is 0 Å². The molecule has 1 aromatic carbocycles. The summed E-state index contributed by atoms with van der Waals surface area (Å²) in [5.74, 6) is 2.01. The van der Waals surface area contributed by atoms with Gasteiger partial charge in [0.2, 0.25) is 0 Å². The van der Waals surface area contributed by atoms with E-state index in [1.807, 2.05) is 0 Å². The molecule has 2 heterocycles. The molecule has 3 heteroatoms. The molecule has 2 aliphatic heterocycles. The molecule has 0 fully saturated rings. The summed E-state index contributed by atoms with van der Waals surface area (Å²) in [5, 5.41) is 0. The Kier molecular flexibility index (Phi) is 1.54. The Balaban J connectivity index is 2.24. The number of fused-ring (bicyclic) bond motifs is 3. The molecule has 0 amide bonds. The molecule has 0 unspecified atom stereocenters. The number of hydrogen-bond donors (Lipinski definition) is 0. The fraction of sp³-hybridized carbons (Fsp3) is 0.333. The standard InChI is InChI=1S/C9H8O2.In/c1-6-3-4-8-9(7(6)2)11-5-10-8;/h3-4H,1-2,5H2;. The quantitative estimate of drug-likeness (QED) is 0.698. The topological polar surface area (TPSA) is 18.5 Å². The fourth-order valence-electron chi connectivity index (χ4n) is 1.86. The van der Waals surface area contributed by atoms with Crippen molar-refractivity contribution in [3.05, 3.63) is 23.3 Å². The molecule has 2 nitrogen and oxygen atoms in total. The van der Waals surface area contributed by atoms with E-state index in [9.17, 15) is 0 Å². The first-order chi connectivity index (χ1) is 5.95. The Labute approximate surface area is 82.2 Å². The summed E-state index contributed by atoms with van der Waals surface area (Å²) >= 11 is -0.278. The zero-order chi connectivity index (χ0) is 7.97. The number of rotatable bonds is 0. The molecule has 1 aromatic rings. The first-order valence-corrected chi connectivity index (χ1v) is 8.83. The SMILES string of the molecule is c1cc2c(c3c1[CH2][In][CH2]3)OCO2. The van der Waals surface area contributed by atoms with Gasteiger partial charge in [-0.15, -0.1) is 0 Å². The van der Waals surface area contributed by atoms with Crippen LogP contribution in [-0.4, -0.2) is 29.7 Å². The first-order valence-electron chi connectivity index (χ1n) is 4.17. The van der Waals surface area contributed by atoms with Crippen LogP contribution in [0.5, 0.6) is 11.5 Å². The van der Waals surface area contributed by atoms with Crippen molar-refractivity contribution in [1.29, 1.82) is 0 Å². The van der Waals surface area contributed by atoms with Gasteiger partial charge in [0.05, 0.1) is 0 Å². The van der Waals surface area contributed by atoms with E-state index >= 15 is 0 Å². The van der Waals surface area contributed by atoms with E-state index in [-0.39, 0.29) is 22.9 Å². The van der Waals surface area contributed by atoms with E-state index in [1.165, 1.54) is 19.5 Å². The second-order valence-corrected chi connectivity index (χ2v) is 7.11. The zero-order valence-corrected chi connectivity index (χ0v) is 9.97. The van der Waals surface area contributed by atoms with Crippen molar-refractivity contribution in [3.8, 4) is 11.5 Å². The molecule has 0 aliphatic carbocycles. The third-order valence-electron chi connectivity index (χ3n) is 2.45. The molecule has 59 valence electrons. The summed E-state index contributed by atoms with van der Waals surface area (Å²) in [4.78, 5) is 0. The molecule has 1 radical (unpaired) electrons. The van der Waals surface area contributed by atoms with Gasteiger partial charge in [0.15, 0.2) is 0 Å². The van der Waals surface area contributed by atoms with Crippen molar-refractivity contribution < 1.29 is 9.47 Å². The van der Waals surface area contributed by atoms with Crippen molar-refractivity contribution in [2.75, 3.05) is 6.79 Å². The van der Waals surface area contributed by atoms with E-state index in [0.29, 0.717) is 6.79 Å². The van der Waals surface area contributed by atoms with Gasteiger partial charge in [-0.05, 0) is 0 Å². The summed E-state index contributed by atoms with van der Waals surface area (Å²) in [6.45, 7) is 0.416. The summed E-state index contributed by atoms with van der Waals surface area (Å²) in [7, 11) is 0. The molecule has 3 rings (SSSR count). The maximum atomic E-state index is 5.45. The van der Waals surface area contributed by atoms with E-state index < -0.39 is 0 Å². The second-order valence-electron chi connectivity index (χ2n) is 3.13. The Bertz CT molecular complexity index is 303. The van der Waals surface area contributed by atoms with E-state index in [0.717, 1.165) is 11.5 Å². The Morgan fingerprint density at radius 3 is 3.17 bits per heavy atom. The summed E-state index contributed by atoms with van der Waals surface area (Å²) in [6, 6.07) is 4.26. The molecular weight excluding hydrogens is 255 g/mol. The zero-order valence-electron chi connectivity index (χ0n) is 6.67. The molecule has 12 heavy (non-hydrogen) atoms. The van der Waals surface area contributed by atoms with Crippen molar-refractivity contribution >= 4 is 22.9 Å². The van der Waals surface area contributed by atoms with Crippen LogP contribution >= 0.6 is 0 Å². The summed E-state index contributed by atoms with van der Waals surface area (Å²) in [5.41, 5.74) is 2.99. The summed E-state index contributed by atoms with van der Waals surface area (Å²) < 4.78 is 13.5. The van der Waals surface area contributed by atoms with Crippen LogP contribution in [0, 0.1) is 0 Å². The van der Waals surface area contributed by atoms with E-state index in [1.54, 1.807) is 0 Å². The maximum absolute atomic E-state index is 5.45. The van der Waals surface area contributed by atoms with Crippen molar-refractivity contribution in [1.82, 2.24) is 0 Å². The normalized spacial score (nSPS) is 17.3. The summed E-state index contributed by atoms with van der Waals surface area (Å²) in [6.07, 6.45) is 0. The third kappa shape index (κ3) is 0.889. The predicted molar refractivity (Wildman–Crippen MR) is 45.7 cm³/mol. The number of hydrogen-bond acceptors (Lipinski definition) is 2. The van der Waals surface area contributed by atoms with E-state index in [2.05, 4.69) is 12.1 Å². The van der Waals surface area contributed by atoms with Crippen LogP contribution in [0.4, 0.5) is 0 Å². The average Bonchev–Trinajstić information content (AvgIpc) is 2.71. The molecule has 0 spiro atoms. The van der Waals surface area contributed by atoms with Gasteiger partial charge >= 0.3 is 82.3 Å². The van der Waals surface area contributed by atoms with Crippen LogP contribution in [-0.2, 0) is 8.35 Å². The minimum absolute atomic E-state index is 0.278. The van der Waals surface area contributed by atoms with Gasteiger partial charge < -0.3 is 0 Å². The fourth-order valence-corrected chi connectivity index (χ4v) is 6.35. The molecule has 0 bridgehead atoms. The van der Waals surface area contributed by atoms with Crippen LogP contribution in [0.2, 0.25) is 0 Å². The van der Waals surface area contributed by atoms with Gasteiger partial charge in [-0.25, -0.2) is 0 Å². The Morgan fingerprint density at radius 1 is 1.17 bits per heavy atom. The van der Waals surface area contributed by atoms with Gasteiger partial charge in [-0.1, -0.05) is 0 Å². The van der Waals surface area contributed by atoms with Crippen LogP contribution in [0.1, 0.15) is 11.1 Å². The molecule has 0 atom stereocenters. The van der Waals surface area contributed by atoms with Gasteiger partial charge in [-0.2, -0.15) is 0 Å². The van der Waals surface area contributed by atoms with Crippen molar-refractivity contribution in [2.24, 2.45) is 0 Å². The van der Waals surface area contributed by atoms with Crippen molar-refractivity contribution in [2.45, 2.75) is 8.35 Å². The van der Waals surface area contributed by atoms with Gasteiger partial charge in [0, 0.05) is 0 Å². The number of benzene rings is 1. The number of ether oxygens (including phenoxy) is 2. The van der Waals surface area contributed by atoms with Gasteiger partial charge in [0.25, 0.3) is 0 Å². The monoisotopic (exact) mass is 263 g/mol. The van der Waals surface area contributed by atoms with Crippen LogP contribution in [0.15, 0.2) is 12.1 Å². The molecule has 0 saturated heterocycles.